The van der Waals surface area contributed by atoms with Crippen LogP contribution in [0.2, 0.25) is 0 Å². The molecular weight excluding hydrogens is 231 g/mol. The highest BCUT2D eigenvalue weighted by atomic mass is 19.1. The number of aliphatic hydroxyl groups excluding tert-OH is 1. The quantitative estimate of drug-likeness (QED) is 0.862. The van der Waals surface area contributed by atoms with Crippen molar-refractivity contribution < 1.29 is 9.50 Å². The maximum Gasteiger partial charge on any atom is 0.123 e. The maximum atomic E-state index is 13.3. The second-order valence-corrected chi connectivity index (χ2v) is 5.36. The number of hydrogen-bond donors (Lipinski definition) is 2. The van der Waals surface area contributed by atoms with E-state index in [0.717, 1.165) is 30.6 Å². The Labute approximate surface area is 107 Å². The van der Waals surface area contributed by atoms with E-state index in [1.807, 2.05) is 14.0 Å². The Morgan fingerprint density at radius 1 is 1.50 bits per heavy atom. The standard InChI is InChI=1S/C14H21FN2O/c1-9(16)13-7-11(15)3-4-14(13)17(2)8-10-5-12(18)6-10/h3-4,7,9-10,12,18H,5-6,8,16H2,1-2H3/t9-,10?,12?/m0/s1. The van der Waals surface area contributed by atoms with Gasteiger partial charge in [-0.3, -0.25) is 0 Å². The summed E-state index contributed by atoms with van der Waals surface area (Å²) in [4.78, 5) is 2.11. The lowest BCUT2D eigenvalue weighted by molar-refractivity contribution is 0.0464. The van der Waals surface area contributed by atoms with Crippen LogP contribution in [0.25, 0.3) is 0 Å². The minimum Gasteiger partial charge on any atom is -0.393 e. The van der Waals surface area contributed by atoms with Crippen molar-refractivity contribution in [1.29, 1.82) is 0 Å². The molecule has 18 heavy (non-hydrogen) atoms. The molecule has 1 aliphatic rings. The number of halogens is 1. The molecule has 1 aromatic carbocycles. The van der Waals surface area contributed by atoms with Crippen LogP contribution in [-0.2, 0) is 0 Å². The van der Waals surface area contributed by atoms with Crippen LogP contribution < -0.4 is 10.6 Å². The van der Waals surface area contributed by atoms with E-state index in [1.54, 1.807) is 6.07 Å². The third kappa shape index (κ3) is 2.82. The molecule has 1 aromatic rings. The summed E-state index contributed by atoms with van der Waals surface area (Å²) < 4.78 is 13.3. The van der Waals surface area contributed by atoms with Gasteiger partial charge in [-0.1, -0.05) is 0 Å². The summed E-state index contributed by atoms with van der Waals surface area (Å²) in [7, 11) is 1.99. The molecule has 1 atom stereocenters. The van der Waals surface area contributed by atoms with E-state index in [2.05, 4.69) is 4.90 Å². The highest BCUT2D eigenvalue weighted by Gasteiger charge is 2.28. The zero-order chi connectivity index (χ0) is 13.3. The predicted molar refractivity (Wildman–Crippen MR) is 71.0 cm³/mol. The molecule has 0 unspecified atom stereocenters. The lowest BCUT2D eigenvalue weighted by Crippen LogP contribution is -2.37. The Balaban J connectivity index is 2.11. The molecule has 0 bridgehead atoms. The molecular formula is C14H21FN2O. The van der Waals surface area contributed by atoms with Crippen molar-refractivity contribution >= 4 is 5.69 Å². The van der Waals surface area contributed by atoms with Crippen molar-refractivity contribution in [2.75, 3.05) is 18.5 Å². The Morgan fingerprint density at radius 2 is 2.17 bits per heavy atom. The van der Waals surface area contributed by atoms with Gasteiger partial charge in [-0.15, -0.1) is 0 Å². The number of hydrogen-bond acceptors (Lipinski definition) is 3. The lowest BCUT2D eigenvalue weighted by atomic mass is 9.82. The van der Waals surface area contributed by atoms with E-state index in [-0.39, 0.29) is 18.0 Å². The summed E-state index contributed by atoms with van der Waals surface area (Å²) in [5.74, 6) is 0.273. The van der Waals surface area contributed by atoms with Crippen molar-refractivity contribution in [2.24, 2.45) is 11.7 Å². The van der Waals surface area contributed by atoms with Gasteiger partial charge < -0.3 is 15.7 Å². The van der Waals surface area contributed by atoms with Crippen LogP contribution in [-0.4, -0.2) is 24.8 Å². The van der Waals surface area contributed by atoms with Crippen LogP contribution >= 0.6 is 0 Å². The van der Waals surface area contributed by atoms with E-state index in [1.165, 1.54) is 12.1 Å². The largest absolute Gasteiger partial charge is 0.393 e. The van der Waals surface area contributed by atoms with E-state index < -0.39 is 0 Å². The zero-order valence-electron chi connectivity index (χ0n) is 10.9. The maximum absolute atomic E-state index is 13.3. The van der Waals surface area contributed by atoms with Gasteiger partial charge in [0.2, 0.25) is 0 Å². The van der Waals surface area contributed by atoms with E-state index in [9.17, 15) is 9.50 Å². The van der Waals surface area contributed by atoms with Crippen molar-refractivity contribution in [3.63, 3.8) is 0 Å². The van der Waals surface area contributed by atoms with Gasteiger partial charge in [0.25, 0.3) is 0 Å². The summed E-state index contributed by atoms with van der Waals surface area (Å²) in [5.41, 5.74) is 7.70. The van der Waals surface area contributed by atoms with Crippen LogP contribution in [0.15, 0.2) is 18.2 Å². The lowest BCUT2D eigenvalue weighted by Gasteiger charge is -2.36. The molecule has 0 heterocycles. The van der Waals surface area contributed by atoms with E-state index in [4.69, 9.17) is 5.73 Å². The number of anilines is 1. The fraction of sp³-hybridized carbons (Fsp3) is 0.571. The van der Waals surface area contributed by atoms with Gasteiger partial charge in [0.15, 0.2) is 0 Å². The van der Waals surface area contributed by atoms with Gasteiger partial charge in [-0.25, -0.2) is 4.39 Å². The monoisotopic (exact) mass is 252 g/mol. The summed E-state index contributed by atoms with van der Waals surface area (Å²) in [6, 6.07) is 4.56. The van der Waals surface area contributed by atoms with Crippen LogP contribution in [0.1, 0.15) is 31.4 Å². The minimum absolute atomic E-state index is 0.135. The molecule has 0 saturated heterocycles. The second kappa shape index (κ2) is 5.24. The third-order valence-electron chi connectivity index (χ3n) is 3.63. The van der Waals surface area contributed by atoms with Crippen molar-refractivity contribution in [1.82, 2.24) is 0 Å². The molecule has 0 radical (unpaired) electrons. The third-order valence-corrected chi connectivity index (χ3v) is 3.63. The van der Waals surface area contributed by atoms with Crippen molar-refractivity contribution in [3.8, 4) is 0 Å². The second-order valence-electron chi connectivity index (χ2n) is 5.36. The normalized spacial score (nSPS) is 24.5. The first kappa shape index (κ1) is 13.3. The van der Waals surface area contributed by atoms with Gasteiger partial charge in [0.1, 0.15) is 5.82 Å². The van der Waals surface area contributed by atoms with Gasteiger partial charge in [0.05, 0.1) is 6.10 Å². The Morgan fingerprint density at radius 3 is 2.72 bits per heavy atom. The molecule has 3 nitrogen and oxygen atoms in total. The molecule has 0 spiro atoms. The zero-order valence-corrected chi connectivity index (χ0v) is 10.9. The summed E-state index contributed by atoms with van der Waals surface area (Å²) in [6.07, 6.45) is 1.59. The molecule has 3 N–H and O–H groups in total. The first-order valence-electron chi connectivity index (χ1n) is 6.41. The number of benzene rings is 1. The number of aliphatic hydroxyl groups is 1. The number of nitrogens with zero attached hydrogens (tertiary/aromatic N) is 1. The molecule has 100 valence electrons. The molecule has 1 fully saturated rings. The summed E-state index contributed by atoms with van der Waals surface area (Å²) >= 11 is 0. The smallest absolute Gasteiger partial charge is 0.123 e. The van der Waals surface area contributed by atoms with E-state index in [0.29, 0.717) is 5.92 Å². The first-order chi connectivity index (χ1) is 8.47. The Kier molecular flexibility index (Phi) is 3.88. The average Bonchev–Trinajstić information content (AvgIpc) is 2.26. The Hall–Kier alpha value is -1.13. The fourth-order valence-corrected chi connectivity index (χ4v) is 2.57. The molecule has 2 rings (SSSR count). The van der Waals surface area contributed by atoms with Gasteiger partial charge in [-0.2, -0.15) is 0 Å². The molecule has 1 saturated carbocycles. The fourth-order valence-electron chi connectivity index (χ4n) is 2.57. The van der Waals surface area contributed by atoms with Gasteiger partial charge in [0, 0.05) is 25.3 Å². The van der Waals surface area contributed by atoms with Crippen LogP contribution in [0, 0.1) is 11.7 Å². The Bertz CT molecular complexity index is 416. The highest BCUT2D eigenvalue weighted by Crippen LogP contribution is 2.31. The van der Waals surface area contributed by atoms with Gasteiger partial charge in [-0.05, 0) is 49.4 Å². The van der Waals surface area contributed by atoms with Crippen LogP contribution in [0.3, 0.4) is 0 Å². The number of nitrogens with two attached hydrogens (primary N) is 1. The average molecular weight is 252 g/mol. The SMILES string of the molecule is C[C@H](N)c1cc(F)ccc1N(C)CC1CC(O)C1. The highest BCUT2D eigenvalue weighted by molar-refractivity contribution is 5.54. The molecule has 4 heteroatoms. The summed E-state index contributed by atoms with van der Waals surface area (Å²) in [5, 5.41) is 9.29. The first-order valence-corrected chi connectivity index (χ1v) is 6.41. The minimum atomic E-state index is -0.251. The molecule has 1 aliphatic carbocycles. The van der Waals surface area contributed by atoms with Crippen LogP contribution in [0.5, 0.6) is 0 Å². The van der Waals surface area contributed by atoms with Crippen molar-refractivity contribution in [2.45, 2.75) is 31.9 Å². The van der Waals surface area contributed by atoms with Gasteiger partial charge >= 0.3 is 0 Å². The molecule has 0 aromatic heterocycles. The van der Waals surface area contributed by atoms with E-state index >= 15 is 0 Å². The predicted octanol–water partition coefficient (Wildman–Crippen LogP) is 2.05. The van der Waals surface area contributed by atoms with Crippen LogP contribution in [0.4, 0.5) is 10.1 Å². The topological polar surface area (TPSA) is 49.5 Å². The molecule has 0 aliphatic heterocycles. The summed E-state index contributed by atoms with van der Waals surface area (Å²) in [6.45, 7) is 2.74. The molecule has 0 amide bonds. The van der Waals surface area contributed by atoms with Crippen molar-refractivity contribution in [3.05, 3.63) is 29.6 Å². The number of rotatable bonds is 4.